The van der Waals surface area contributed by atoms with Crippen LogP contribution in [0.2, 0.25) is 0 Å². The molecule has 120 valence electrons. The zero-order chi connectivity index (χ0) is 16.2. The van der Waals surface area contributed by atoms with Gasteiger partial charge in [-0.3, -0.25) is 19.4 Å². The third-order valence-corrected chi connectivity index (χ3v) is 3.56. The third-order valence-electron chi connectivity index (χ3n) is 3.56. The summed E-state index contributed by atoms with van der Waals surface area (Å²) in [5.41, 5.74) is 0.838. The van der Waals surface area contributed by atoms with E-state index in [0.29, 0.717) is 12.4 Å². The van der Waals surface area contributed by atoms with E-state index < -0.39 is 6.09 Å². The van der Waals surface area contributed by atoms with Crippen molar-refractivity contribution in [2.75, 3.05) is 18.0 Å². The molecule has 0 bridgehead atoms. The molecule has 1 aliphatic heterocycles. The molecule has 1 saturated heterocycles. The van der Waals surface area contributed by atoms with E-state index in [0.717, 1.165) is 5.56 Å². The predicted octanol–water partition coefficient (Wildman–Crippen LogP) is 0.499. The van der Waals surface area contributed by atoms with Gasteiger partial charge in [0, 0.05) is 25.5 Å². The maximum atomic E-state index is 11.9. The molecule has 2 amide bonds. The lowest BCUT2D eigenvalue weighted by molar-refractivity contribution is -0.120. The Morgan fingerprint density at radius 2 is 2.30 bits per heavy atom. The number of carbonyl (C=O) groups is 2. The van der Waals surface area contributed by atoms with Gasteiger partial charge in [0.05, 0.1) is 25.7 Å². The fraction of sp³-hybridized carbons (Fsp3) is 0.333. The first-order chi connectivity index (χ1) is 11.1. The monoisotopic (exact) mass is 315 g/mol. The average Bonchev–Trinajstić information content (AvgIpc) is 3.11. The molecule has 23 heavy (non-hydrogen) atoms. The first-order valence-corrected chi connectivity index (χ1v) is 7.25. The Morgan fingerprint density at radius 3 is 3.00 bits per heavy atom. The summed E-state index contributed by atoms with van der Waals surface area (Å²) in [5, 5.41) is 6.81. The molecule has 1 unspecified atom stereocenters. The van der Waals surface area contributed by atoms with Crippen molar-refractivity contribution >= 4 is 17.8 Å². The SMILES string of the molecule is Cn1nccc1N1CC(CNC(=O)Cc2cccnc2)OC1=O. The Bertz CT molecular complexity index is 700. The number of aromatic nitrogens is 3. The van der Waals surface area contributed by atoms with Crippen LogP contribution in [0.5, 0.6) is 0 Å². The third kappa shape index (κ3) is 3.47. The molecule has 0 aliphatic carbocycles. The molecule has 0 saturated carbocycles. The van der Waals surface area contributed by atoms with Gasteiger partial charge in [-0.1, -0.05) is 6.07 Å². The average molecular weight is 315 g/mol. The van der Waals surface area contributed by atoms with E-state index in [-0.39, 0.29) is 25.0 Å². The number of ether oxygens (including phenoxy) is 1. The number of anilines is 1. The topological polar surface area (TPSA) is 89.3 Å². The minimum absolute atomic E-state index is 0.131. The van der Waals surface area contributed by atoms with Gasteiger partial charge < -0.3 is 10.1 Å². The molecule has 8 nitrogen and oxygen atoms in total. The number of nitrogens with one attached hydrogen (secondary N) is 1. The van der Waals surface area contributed by atoms with Crippen molar-refractivity contribution in [3.05, 3.63) is 42.4 Å². The number of rotatable bonds is 5. The van der Waals surface area contributed by atoms with Crippen LogP contribution in [-0.2, 0) is 23.0 Å². The lowest BCUT2D eigenvalue weighted by atomic mass is 10.2. The highest BCUT2D eigenvalue weighted by Gasteiger charge is 2.33. The number of carbonyl (C=O) groups excluding carboxylic acids is 2. The number of cyclic esters (lactones) is 1. The molecular weight excluding hydrogens is 298 g/mol. The van der Waals surface area contributed by atoms with Gasteiger partial charge >= 0.3 is 6.09 Å². The second-order valence-electron chi connectivity index (χ2n) is 5.27. The minimum atomic E-state index is -0.430. The normalized spacial score (nSPS) is 17.2. The van der Waals surface area contributed by atoms with E-state index in [1.807, 2.05) is 6.07 Å². The van der Waals surface area contributed by atoms with Crippen molar-refractivity contribution in [1.82, 2.24) is 20.1 Å². The Hall–Kier alpha value is -2.90. The van der Waals surface area contributed by atoms with Gasteiger partial charge in [-0.2, -0.15) is 5.10 Å². The molecule has 0 aromatic carbocycles. The summed E-state index contributed by atoms with van der Waals surface area (Å²) in [5.74, 6) is 0.534. The molecule has 3 rings (SSSR count). The van der Waals surface area contributed by atoms with Crippen LogP contribution in [0.15, 0.2) is 36.8 Å². The van der Waals surface area contributed by atoms with Crippen LogP contribution < -0.4 is 10.2 Å². The summed E-state index contributed by atoms with van der Waals surface area (Å²) in [6.07, 6.45) is 4.37. The molecule has 8 heteroatoms. The molecule has 1 aliphatic rings. The quantitative estimate of drug-likeness (QED) is 0.868. The van der Waals surface area contributed by atoms with Gasteiger partial charge in [0.2, 0.25) is 5.91 Å². The molecule has 2 aromatic heterocycles. The van der Waals surface area contributed by atoms with E-state index in [1.165, 1.54) is 4.90 Å². The summed E-state index contributed by atoms with van der Waals surface area (Å²) in [7, 11) is 1.76. The van der Waals surface area contributed by atoms with Crippen LogP contribution in [0.3, 0.4) is 0 Å². The van der Waals surface area contributed by atoms with Crippen molar-refractivity contribution in [2.45, 2.75) is 12.5 Å². The van der Waals surface area contributed by atoms with Gasteiger partial charge in [-0.05, 0) is 11.6 Å². The highest BCUT2D eigenvalue weighted by Crippen LogP contribution is 2.20. The minimum Gasteiger partial charge on any atom is -0.442 e. The van der Waals surface area contributed by atoms with Gasteiger partial charge in [-0.25, -0.2) is 4.79 Å². The van der Waals surface area contributed by atoms with E-state index >= 15 is 0 Å². The summed E-state index contributed by atoms with van der Waals surface area (Å²) in [6.45, 7) is 0.657. The van der Waals surface area contributed by atoms with E-state index in [4.69, 9.17) is 4.74 Å². The van der Waals surface area contributed by atoms with E-state index in [9.17, 15) is 9.59 Å². The van der Waals surface area contributed by atoms with Crippen LogP contribution >= 0.6 is 0 Å². The predicted molar refractivity (Wildman–Crippen MR) is 81.8 cm³/mol. The van der Waals surface area contributed by atoms with Crippen LogP contribution in [0.1, 0.15) is 5.56 Å². The van der Waals surface area contributed by atoms with Crippen molar-refractivity contribution in [1.29, 1.82) is 0 Å². The second kappa shape index (κ2) is 6.47. The highest BCUT2D eigenvalue weighted by molar-refractivity contribution is 5.88. The summed E-state index contributed by atoms with van der Waals surface area (Å²) in [4.78, 5) is 29.3. The molecule has 0 radical (unpaired) electrons. The van der Waals surface area contributed by atoms with Gasteiger partial charge in [0.1, 0.15) is 11.9 Å². The summed E-state index contributed by atoms with van der Waals surface area (Å²) >= 11 is 0. The maximum absolute atomic E-state index is 11.9. The molecule has 2 aromatic rings. The van der Waals surface area contributed by atoms with E-state index in [1.54, 1.807) is 42.5 Å². The maximum Gasteiger partial charge on any atom is 0.416 e. The van der Waals surface area contributed by atoms with E-state index in [2.05, 4.69) is 15.4 Å². The second-order valence-corrected chi connectivity index (χ2v) is 5.27. The Balaban J connectivity index is 1.51. The Labute approximate surface area is 133 Å². The lowest BCUT2D eigenvalue weighted by Crippen LogP contribution is -2.35. The van der Waals surface area contributed by atoms with Gasteiger partial charge in [0.15, 0.2) is 0 Å². The molecule has 1 atom stereocenters. The molecular formula is C15H17N5O3. The molecule has 3 heterocycles. The number of hydrogen-bond donors (Lipinski definition) is 1. The zero-order valence-corrected chi connectivity index (χ0v) is 12.7. The van der Waals surface area contributed by atoms with Crippen LogP contribution in [-0.4, -0.2) is 46.0 Å². The molecule has 1 N–H and O–H groups in total. The Morgan fingerprint density at radius 1 is 1.43 bits per heavy atom. The van der Waals surface area contributed by atoms with Crippen molar-refractivity contribution in [2.24, 2.45) is 7.05 Å². The summed E-state index contributed by atoms with van der Waals surface area (Å²) < 4.78 is 6.87. The number of pyridine rings is 1. The number of aryl methyl sites for hydroxylation is 1. The van der Waals surface area contributed by atoms with Gasteiger partial charge in [-0.15, -0.1) is 0 Å². The number of nitrogens with zero attached hydrogens (tertiary/aromatic N) is 4. The smallest absolute Gasteiger partial charge is 0.416 e. The first-order valence-electron chi connectivity index (χ1n) is 7.25. The van der Waals surface area contributed by atoms with Crippen LogP contribution in [0.4, 0.5) is 10.6 Å². The first kappa shape index (κ1) is 15.0. The zero-order valence-electron chi connectivity index (χ0n) is 12.7. The van der Waals surface area contributed by atoms with Gasteiger partial charge in [0.25, 0.3) is 0 Å². The standard InChI is InChI=1S/C15H17N5O3/c1-19-14(4-6-18-19)20-10-12(23-15(20)22)9-17-13(21)7-11-3-2-5-16-8-11/h2-6,8,12H,7,9-10H2,1H3,(H,17,21). The van der Waals surface area contributed by atoms with Crippen molar-refractivity contribution in [3.8, 4) is 0 Å². The number of hydrogen-bond acceptors (Lipinski definition) is 5. The van der Waals surface area contributed by atoms with Crippen molar-refractivity contribution < 1.29 is 14.3 Å². The lowest BCUT2D eigenvalue weighted by Gasteiger charge is -2.12. The molecule has 0 spiro atoms. The fourth-order valence-corrected chi connectivity index (χ4v) is 2.42. The molecule has 1 fully saturated rings. The van der Waals surface area contributed by atoms with Crippen molar-refractivity contribution in [3.63, 3.8) is 0 Å². The van der Waals surface area contributed by atoms with Crippen LogP contribution in [0, 0.1) is 0 Å². The Kier molecular flexibility index (Phi) is 4.22. The van der Waals surface area contributed by atoms with Crippen LogP contribution in [0.25, 0.3) is 0 Å². The largest absolute Gasteiger partial charge is 0.442 e. The highest BCUT2D eigenvalue weighted by atomic mass is 16.6. The summed E-state index contributed by atoms with van der Waals surface area (Å²) in [6, 6.07) is 5.37. The fourth-order valence-electron chi connectivity index (χ4n) is 2.42. The number of amides is 2.